The highest BCUT2D eigenvalue weighted by atomic mass is 35.5. The van der Waals surface area contributed by atoms with Crippen molar-refractivity contribution >= 4 is 38.7 Å². The van der Waals surface area contributed by atoms with E-state index in [4.69, 9.17) is 16.3 Å². The van der Waals surface area contributed by atoms with Crippen LogP contribution in [0.2, 0.25) is 4.34 Å². The summed E-state index contributed by atoms with van der Waals surface area (Å²) in [5.41, 5.74) is 0.0301. The molecule has 186 valence electrons. The molecule has 35 heavy (non-hydrogen) atoms. The van der Waals surface area contributed by atoms with Crippen molar-refractivity contribution in [2.24, 2.45) is 0 Å². The highest BCUT2D eigenvalue weighted by molar-refractivity contribution is 7.91. The van der Waals surface area contributed by atoms with E-state index in [0.717, 1.165) is 29.0 Å². The molecule has 1 aliphatic heterocycles. The predicted octanol–water partition coefficient (Wildman–Crippen LogP) is 6.57. The number of nitrogens with zero attached hydrogens (tertiary/aromatic N) is 1. The van der Waals surface area contributed by atoms with E-state index >= 15 is 0 Å². The van der Waals surface area contributed by atoms with Crippen molar-refractivity contribution in [3.05, 3.63) is 76.1 Å². The number of hydrogen-bond donors (Lipinski definition) is 0. The van der Waals surface area contributed by atoms with Crippen LogP contribution in [0.5, 0.6) is 11.5 Å². The van der Waals surface area contributed by atoms with Crippen molar-refractivity contribution in [2.75, 3.05) is 6.54 Å². The maximum Gasteiger partial charge on any atom is 0.416 e. The van der Waals surface area contributed by atoms with Crippen molar-refractivity contribution < 1.29 is 31.1 Å². The third kappa shape index (κ3) is 6.06. The number of benzene rings is 2. The highest BCUT2D eigenvalue weighted by Gasteiger charge is 2.39. The fourth-order valence-corrected chi connectivity index (χ4v) is 7.24. The Labute approximate surface area is 210 Å². The van der Waals surface area contributed by atoms with Crippen LogP contribution in [-0.2, 0) is 27.4 Å². The maximum atomic E-state index is 13.0. The molecule has 1 atom stereocenters. The molecule has 0 N–H and O–H groups in total. The van der Waals surface area contributed by atoms with Gasteiger partial charge in [0.25, 0.3) is 10.0 Å². The molecule has 1 fully saturated rings. The van der Waals surface area contributed by atoms with Gasteiger partial charge in [-0.2, -0.15) is 17.5 Å². The molecule has 0 spiro atoms. The number of halogens is 4. The predicted molar refractivity (Wildman–Crippen MR) is 128 cm³/mol. The van der Waals surface area contributed by atoms with Crippen LogP contribution in [0.4, 0.5) is 13.2 Å². The Morgan fingerprint density at radius 2 is 1.83 bits per heavy atom. The van der Waals surface area contributed by atoms with Gasteiger partial charge in [-0.3, -0.25) is 4.79 Å². The first-order valence-electron chi connectivity index (χ1n) is 10.8. The van der Waals surface area contributed by atoms with Crippen LogP contribution in [-0.4, -0.2) is 31.1 Å². The van der Waals surface area contributed by atoms with Gasteiger partial charge < -0.3 is 4.74 Å². The lowest BCUT2D eigenvalue weighted by Crippen LogP contribution is -2.40. The second kappa shape index (κ2) is 10.3. The quantitative estimate of drug-likeness (QED) is 0.322. The van der Waals surface area contributed by atoms with Crippen molar-refractivity contribution in [1.29, 1.82) is 0 Å². The molecule has 0 saturated carbocycles. The zero-order chi connectivity index (χ0) is 25.2. The molecule has 4 rings (SSSR count). The normalized spacial score (nSPS) is 17.0. The fourth-order valence-electron chi connectivity index (χ4n) is 3.95. The Morgan fingerprint density at radius 1 is 1.09 bits per heavy atom. The zero-order valence-electron chi connectivity index (χ0n) is 18.3. The summed E-state index contributed by atoms with van der Waals surface area (Å²) >= 11 is 6.86. The maximum absolute atomic E-state index is 13.0. The van der Waals surface area contributed by atoms with Gasteiger partial charge in [0.1, 0.15) is 15.7 Å². The summed E-state index contributed by atoms with van der Waals surface area (Å²) in [6.45, 7) is 0.282. The number of hydrogen-bond acceptors (Lipinski definition) is 5. The number of ketones is 1. The lowest BCUT2D eigenvalue weighted by Gasteiger charge is -2.22. The largest absolute Gasteiger partial charge is 0.457 e. The van der Waals surface area contributed by atoms with E-state index < -0.39 is 27.8 Å². The molecular weight excluding hydrogens is 523 g/mol. The molecule has 1 aromatic heterocycles. The molecule has 2 heterocycles. The molecule has 0 bridgehead atoms. The number of aryl methyl sites for hydroxylation is 1. The van der Waals surface area contributed by atoms with Crippen LogP contribution in [0.25, 0.3) is 0 Å². The van der Waals surface area contributed by atoms with Gasteiger partial charge in [0.2, 0.25) is 0 Å². The highest BCUT2D eigenvalue weighted by Crippen LogP contribution is 2.34. The lowest BCUT2D eigenvalue weighted by atomic mass is 10.0. The number of ether oxygens (including phenoxy) is 1. The number of carbonyl (C=O) groups excluding carboxylic acids is 1. The first kappa shape index (κ1) is 25.7. The van der Waals surface area contributed by atoms with Crippen LogP contribution < -0.4 is 4.74 Å². The Morgan fingerprint density at radius 3 is 2.49 bits per heavy atom. The van der Waals surface area contributed by atoms with E-state index in [1.807, 2.05) is 6.07 Å². The number of sulfonamides is 1. The van der Waals surface area contributed by atoms with Crippen LogP contribution in [0.15, 0.2) is 64.9 Å². The minimum Gasteiger partial charge on any atom is -0.457 e. The van der Waals surface area contributed by atoms with Gasteiger partial charge in [0.15, 0.2) is 5.78 Å². The number of carbonyl (C=O) groups is 1. The average Bonchev–Trinajstić information content (AvgIpc) is 3.48. The third-order valence-corrected chi connectivity index (χ3v) is 9.27. The van der Waals surface area contributed by atoms with Crippen LogP contribution >= 0.6 is 22.9 Å². The minimum atomic E-state index is -4.42. The average molecular weight is 544 g/mol. The van der Waals surface area contributed by atoms with Gasteiger partial charge >= 0.3 is 6.18 Å². The Balaban J connectivity index is 1.39. The van der Waals surface area contributed by atoms with Gasteiger partial charge in [-0.25, -0.2) is 8.42 Å². The Bertz CT molecular complexity index is 1310. The lowest BCUT2D eigenvalue weighted by molar-refractivity contribution is -0.137. The number of thiophene rings is 1. The van der Waals surface area contributed by atoms with E-state index in [-0.39, 0.29) is 28.7 Å². The molecule has 5 nitrogen and oxygen atoms in total. The second-order valence-electron chi connectivity index (χ2n) is 8.07. The standard InChI is InChI=1S/C24H21ClF3NO4S2/c25-22-12-13-23(34-22)35(31,32)29-14-2-5-20(29)21(30)11-6-16-3-1-4-19(15-16)33-18-9-7-17(8-10-18)24(26,27)28/h1,3-4,7-10,12-13,15,20H,2,5-6,11,14H2/t20-/m0/s1. The summed E-state index contributed by atoms with van der Waals surface area (Å²) in [6, 6.07) is 13.6. The molecule has 0 amide bonds. The van der Waals surface area contributed by atoms with Gasteiger partial charge in [0.05, 0.1) is 15.9 Å². The molecule has 3 aromatic rings. The first-order valence-corrected chi connectivity index (χ1v) is 13.4. The summed E-state index contributed by atoms with van der Waals surface area (Å²) in [7, 11) is -3.79. The summed E-state index contributed by atoms with van der Waals surface area (Å²) in [5.74, 6) is 0.517. The molecule has 1 aliphatic rings. The number of rotatable bonds is 8. The van der Waals surface area contributed by atoms with E-state index in [2.05, 4.69) is 0 Å². The topological polar surface area (TPSA) is 63.7 Å². The van der Waals surface area contributed by atoms with E-state index in [1.54, 1.807) is 18.2 Å². The van der Waals surface area contributed by atoms with E-state index in [1.165, 1.54) is 28.6 Å². The number of alkyl halides is 3. The molecule has 2 aromatic carbocycles. The summed E-state index contributed by atoms with van der Waals surface area (Å²) in [5, 5.41) is 0. The fraction of sp³-hybridized carbons (Fsp3) is 0.292. The molecular formula is C24H21ClF3NO4S2. The molecule has 11 heteroatoms. The van der Waals surface area contributed by atoms with Crippen LogP contribution in [0.3, 0.4) is 0 Å². The van der Waals surface area contributed by atoms with E-state index in [9.17, 15) is 26.4 Å². The van der Waals surface area contributed by atoms with Crippen molar-refractivity contribution in [2.45, 2.75) is 42.1 Å². The molecule has 0 unspecified atom stereocenters. The van der Waals surface area contributed by atoms with Crippen LogP contribution in [0, 0.1) is 0 Å². The monoisotopic (exact) mass is 543 g/mol. The summed E-state index contributed by atoms with van der Waals surface area (Å²) in [4.78, 5) is 12.9. The Hall–Kier alpha value is -2.40. The van der Waals surface area contributed by atoms with Gasteiger partial charge in [0, 0.05) is 13.0 Å². The zero-order valence-corrected chi connectivity index (χ0v) is 20.7. The SMILES string of the molecule is O=C(CCc1cccc(Oc2ccc(C(F)(F)F)cc2)c1)[C@@H]1CCCN1S(=O)(=O)c1ccc(Cl)s1. The van der Waals surface area contributed by atoms with Crippen molar-refractivity contribution in [1.82, 2.24) is 4.31 Å². The van der Waals surface area contributed by atoms with Gasteiger partial charge in [-0.05, 0) is 73.4 Å². The first-order chi connectivity index (χ1) is 16.5. The van der Waals surface area contributed by atoms with Gasteiger partial charge in [-0.1, -0.05) is 23.7 Å². The third-order valence-electron chi connectivity index (χ3n) is 5.66. The van der Waals surface area contributed by atoms with Crippen molar-refractivity contribution in [3.63, 3.8) is 0 Å². The smallest absolute Gasteiger partial charge is 0.416 e. The summed E-state index contributed by atoms with van der Waals surface area (Å²) < 4.78 is 71.5. The number of Topliss-reactive ketones (excluding diaryl/α,β-unsaturated/α-hetero) is 1. The van der Waals surface area contributed by atoms with E-state index in [0.29, 0.717) is 29.3 Å². The van der Waals surface area contributed by atoms with Crippen LogP contribution in [0.1, 0.15) is 30.4 Å². The summed E-state index contributed by atoms with van der Waals surface area (Å²) in [6.07, 6.45) is -2.83. The van der Waals surface area contributed by atoms with Gasteiger partial charge in [-0.15, -0.1) is 11.3 Å². The molecule has 0 radical (unpaired) electrons. The minimum absolute atomic E-state index is 0.121. The molecule has 1 saturated heterocycles. The molecule has 0 aliphatic carbocycles. The second-order valence-corrected chi connectivity index (χ2v) is 11.9. The van der Waals surface area contributed by atoms with Crippen molar-refractivity contribution in [3.8, 4) is 11.5 Å². The Kier molecular flexibility index (Phi) is 7.56.